The van der Waals surface area contributed by atoms with Gasteiger partial charge in [-0.2, -0.15) is 0 Å². The second-order valence-corrected chi connectivity index (χ2v) is 7.74. The van der Waals surface area contributed by atoms with E-state index in [1.165, 1.54) is 12.4 Å². The predicted molar refractivity (Wildman–Crippen MR) is 110 cm³/mol. The fourth-order valence-corrected chi connectivity index (χ4v) is 4.41. The molecule has 154 valence electrons. The summed E-state index contributed by atoms with van der Waals surface area (Å²) in [6.07, 6.45) is 8.22. The summed E-state index contributed by atoms with van der Waals surface area (Å²) in [5, 5.41) is 2.94. The van der Waals surface area contributed by atoms with Crippen LogP contribution in [-0.4, -0.2) is 28.7 Å². The van der Waals surface area contributed by atoms with Crippen molar-refractivity contribution in [2.24, 2.45) is 0 Å². The summed E-state index contributed by atoms with van der Waals surface area (Å²) in [6.45, 7) is 1.02. The van der Waals surface area contributed by atoms with Crippen molar-refractivity contribution in [3.63, 3.8) is 0 Å². The number of hydrogen-bond acceptors (Lipinski definition) is 4. The van der Waals surface area contributed by atoms with Crippen LogP contribution < -0.4 is 14.8 Å². The lowest BCUT2D eigenvalue weighted by Crippen LogP contribution is -2.38. The average Bonchev–Trinajstić information content (AvgIpc) is 3.46. The smallest absolute Gasteiger partial charge is 0.235 e. The number of anilines is 1. The number of rotatable bonds is 4. The van der Waals surface area contributed by atoms with Crippen molar-refractivity contribution in [3.8, 4) is 17.2 Å². The van der Waals surface area contributed by atoms with Crippen LogP contribution in [0.25, 0.3) is 5.69 Å². The van der Waals surface area contributed by atoms with Gasteiger partial charge in [-0.15, -0.1) is 0 Å². The number of fused-ring (bicyclic) bond motifs is 1. The van der Waals surface area contributed by atoms with Gasteiger partial charge in [0.15, 0.2) is 11.5 Å². The molecular weight excluding hydrogens is 385 g/mol. The van der Waals surface area contributed by atoms with Gasteiger partial charge in [0.2, 0.25) is 5.91 Å². The van der Waals surface area contributed by atoms with Gasteiger partial charge >= 0.3 is 0 Å². The number of hydrogen-bond donors (Lipinski definition) is 1. The molecule has 2 heterocycles. The molecule has 0 spiro atoms. The maximum Gasteiger partial charge on any atom is 0.235 e. The van der Waals surface area contributed by atoms with Crippen LogP contribution in [0.4, 0.5) is 10.1 Å². The molecule has 1 saturated carbocycles. The van der Waals surface area contributed by atoms with Crippen molar-refractivity contribution in [3.05, 3.63) is 66.5 Å². The van der Waals surface area contributed by atoms with Crippen LogP contribution >= 0.6 is 0 Å². The molecule has 0 unspecified atom stereocenters. The number of carbonyl (C=O) groups excluding carboxylic acids is 1. The first-order valence-electron chi connectivity index (χ1n) is 10.2. The molecule has 2 aliphatic rings. The molecule has 0 bridgehead atoms. The molecule has 7 heteroatoms. The lowest BCUT2D eigenvalue weighted by molar-refractivity contribution is -0.121. The Morgan fingerprint density at radius 2 is 1.87 bits per heavy atom. The Hall–Kier alpha value is -3.35. The van der Waals surface area contributed by atoms with E-state index in [4.69, 9.17) is 9.47 Å². The molecule has 1 aromatic heterocycles. The van der Waals surface area contributed by atoms with Crippen LogP contribution in [0.5, 0.6) is 11.5 Å². The first-order chi connectivity index (χ1) is 14.7. The number of nitrogens with one attached hydrogen (secondary N) is 1. The molecular formula is C23H22FN3O3. The van der Waals surface area contributed by atoms with E-state index in [1.807, 2.05) is 18.2 Å². The van der Waals surface area contributed by atoms with E-state index in [0.717, 1.165) is 31.2 Å². The standard InChI is InChI=1S/C23H22FN3O3/c24-18-14-17(4-5-19(18)27-10-9-25-15-27)26-22(28)23(7-1-2-8-23)16-3-6-20-21(13-16)30-12-11-29-20/h3-6,9-10,13-15H,1-2,7-8,11-12H2,(H,26,28). The van der Waals surface area contributed by atoms with E-state index in [-0.39, 0.29) is 5.91 Å². The van der Waals surface area contributed by atoms with E-state index in [1.54, 1.807) is 29.1 Å². The SMILES string of the molecule is O=C(Nc1ccc(-n2ccnc2)c(F)c1)C1(c2ccc3c(c2)OCCO3)CCCC1. The highest BCUT2D eigenvalue weighted by Crippen LogP contribution is 2.45. The van der Waals surface area contributed by atoms with Crippen molar-refractivity contribution < 1.29 is 18.7 Å². The van der Waals surface area contributed by atoms with Gasteiger partial charge in [0.1, 0.15) is 19.0 Å². The van der Waals surface area contributed by atoms with E-state index >= 15 is 0 Å². The van der Waals surface area contributed by atoms with Crippen molar-refractivity contribution in [1.29, 1.82) is 0 Å². The maximum absolute atomic E-state index is 14.6. The number of carbonyl (C=O) groups is 1. The molecule has 1 amide bonds. The minimum absolute atomic E-state index is 0.119. The predicted octanol–water partition coefficient (Wildman–Crippen LogP) is 4.23. The molecule has 0 saturated heterocycles. The zero-order chi connectivity index (χ0) is 20.6. The molecule has 0 atom stereocenters. The average molecular weight is 407 g/mol. The third kappa shape index (κ3) is 3.20. The summed E-state index contributed by atoms with van der Waals surface area (Å²) >= 11 is 0. The van der Waals surface area contributed by atoms with E-state index < -0.39 is 11.2 Å². The van der Waals surface area contributed by atoms with Crippen molar-refractivity contribution in [2.45, 2.75) is 31.1 Å². The molecule has 6 nitrogen and oxygen atoms in total. The summed E-state index contributed by atoms with van der Waals surface area (Å²) in [7, 11) is 0. The van der Waals surface area contributed by atoms with E-state index in [2.05, 4.69) is 10.3 Å². The highest BCUT2D eigenvalue weighted by molar-refractivity contribution is 5.99. The van der Waals surface area contributed by atoms with Crippen LogP contribution in [-0.2, 0) is 10.2 Å². The first-order valence-corrected chi connectivity index (χ1v) is 10.2. The summed E-state index contributed by atoms with van der Waals surface area (Å²) < 4.78 is 27.5. The van der Waals surface area contributed by atoms with Gasteiger partial charge in [-0.25, -0.2) is 9.37 Å². The molecule has 2 aromatic carbocycles. The van der Waals surface area contributed by atoms with E-state index in [0.29, 0.717) is 36.1 Å². The van der Waals surface area contributed by atoms with Crippen molar-refractivity contribution in [2.75, 3.05) is 18.5 Å². The fraction of sp³-hybridized carbons (Fsp3) is 0.304. The summed E-state index contributed by atoms with van der Waals surface area (Å²) in [5.74, 6) is 0.835. The largest absolute Gasteiger partial charge is 0.486 e. The molecule has 1 N–H and O–H groups in total. The first kappa shape index (κ1) is 18.7. The van der Waals surface area contributed by atoms with Gasteiger partial charge in [-0.05, 0) is 48.7 Å². The van der Waals surface area contributed by atoms with Gasteiger partial charge in [-0.1, -0.05) is 18.9 Å². The van der Waals surface area contributed by atoms with Crippen molar-refractivity contribution >= 4 is 11.6 Å². The molecule has 3 aromatic rings. The van der Waals surface area contributed by atoms with Gasteiger partial charge in [0.25, 0.3) is 0 Å². The van der Waals surface area contributed by atoms with Crippen molar-refractivity contribution in [1.82, 2.24) is 9.55 Å². The lowest BCUT2D eigenvalue weighted by atomic mass is 9.77. The Labute approximate surface area is 173 Å². The Balaban J connectivity index is 1.43. The summed E-state index contributed by atoms with van der Waals surface area (Å²) in [4.78, 5) is 17.4. The number of benzene rings is 2. The van der Waals surface area contributed by atoms with Crippen LogP contribution in [0, 0.1) is 5.82 Å². The summed E-state index contributed by atoms with van der Waals surface area (Å²) in [5.41, 5.74) is 1.07. The zero-order valence-electron chi connectivity index (χ0n) is 16.4. The number of ether oxygens (including phenoxy) is 2. The molecule has 0 radical (unpaired) electrons. The number of halogens is 1. The van der Waals surface area contributed by atoms with Crippen LogP contribution in [0.2, 0.25) is 0 Å². The number of amides is 1. The topological polar surface area (TPSA) is 65.4 Å². The molecule has 5 rings (SSSR count). The third-order valence-corrected chi connectivity index (χ3v) is 5.97. The molecule has 30 heavy (non-hydrogen) atoms. The molecule has 1 aliphatic heterocycles. The number of imidazole rings is 1. The monoisotopic (exact) mass is 407 g/mol. The maximum atomic E-state index is 14.6. The zero-order valence-corrected chi connectivity index (χ0v) is 16.4. The lowest BCUT2D eigenvalue weighted by Gasteiger charge is -2.30. The minimum Gasteiger partial charge on any atom is -0.486 e. The fourth-order valence-electron chi connectivity index (χ4n) is 4.41. The molecule has 1 aliphatic carbocycles. The summed E-state index contributed by atoms with van der Waals surface area (Å²) in [6, 6.07) is 10.4. The Morgan fingerprint density at radius 1 is 1.07 bits per heavy atom. The van der Waals surface area contributed by atoms with Gasteiger partial charge in [0, 0.05) is 18.1 Å². The van der Waals surface area contributed by atoms with Gasteiger partial charge in [0.05, 0.1) is 17.4 Å². The third-order valence-electron chi connectivity index (χ3n) is 5.97. The highest BCUT2D eigenvalue weighted by atomic mass is 19.1. The second-order valence-electron chi connectivity index (χ2n) is 7.74. The van der Waals surface area contributed by atoms with E-state index in [9.17, 15) is 9.18 Å². The highest BCUT2D eigenvalue weighted by Gasteiger charge is 2.43. The van der Waals surface area contributed by atoms with Crippen LogP contribution in [0.15, 0.2) is 55.1 Å². The van der Waals surface area contributed by atoms with Crippen LogP contribution in [0.1, 0.15) is 31.2 Å². The van der Waals surface area contributed by atoms with Gasteiger partial charge < -0.3 is 19.4 Å². The second kappa shape index (κ2) is 7.48. The quantitative estimate of drug-likeness (QED) is 0.703. The van der Waals surface area contributed by atoms with Gasteiger partial charge in [-0.3, -0.25) is 4.79 Å². The number of nitrogens with zero attached hydrogens (tertiary/aromatic N) is 2. The Morgan fingerprint density at radius 3 is 2.60 bits per heavy atom. The molecule has 1 fully saturated rings. The number of aromatic nitrogens is 2. The normalized spacial score (nSPS) is 17.0. The Kier molecular flexibility index (Phi) is 4.65. The minimum atomic E-state index is -0.657. The van der Waals surface area contributed by atoms with Crippen LogP contribution in [0.3, 0.4) is 0 Å². The Bertz CT molecular complexity index is 1080.